The van der Waals surface area contributed by atoms with Crippen molar-refractivity contribution >= 4 is 21.9 Å². The van der Waals surface area contributed by atoms with Crippen molar-refractivity contribution in [1.29, 1.82) is 0 Å². The Morgan fingerprint density at radius 3 is 2.55 bits per heavy atom. The van der Waals surface area contributed by atoms with Crippen molar-refractivity contribution in [3.05, 3.63) is 29.8 Å². The van der Waals surface area contributed by atoms with E-state index in [-0.39, 0.29) is 24.0 Å². The molecule has 8 heteroatoms. The Bertz CT molecular complexity index is 669. The number of amides is 1. The smallest absolute Gasteiger partial charge is 0.328 e. The number of ether oxygens (including phenoxy) is 1. The third-order valence-corrected chi connectivity index (χ3v) is 4.42. The normalized spacial score (nSPS) is 18.5. The van der Waals surface area contributed by atoms with Crippen LogP contribution in [0.3, 0.4) is 0 Å². The fourth-order valence-electron chi connectivity index (χ4n) is 2.40. The summed E-state index contributed by atoms with van der Waals surface area (Å²) in [6.07, 6.45) is 0.742. The van der Waals surface area contributed by atoms with Crippen LogP contribution < -0.4 is 5.14 Å². The molecular formula is C14H18N2O5S. The molecule has 0 bridgehead atoms. The molecule has 0 saturated carbocycles. The van der Waals surface area contributed by atoms with Crippen LogP contribution in [0.2, 0.25) is 0 Å². The minimum absolute atomic E-state index is 0.00550. The molecule has 120 valence electrons. The number of hydrogen-bond acceptors (Lipinski definition) is 5. The molecule has 1 aromatic rings. The first-order valence-electron chi connectivity index (χ1n) is 6.90. The number of carbonyl (C=O) groups excluding carboxylic acids is 2. The molecule has 1 unspecified atom stereocenters. The number of nitrogens with two attached hydrogens (primary N) is 1. The van der Waals surface area contributed by atoms with E-state index in [0.717, 1.165) is 5.56 Å². The van der Waals surface area contributed by atoms with Crippen LogP contribution in [0.1, 0.15) is 25.3 Å². The highest BCUT2D eigenvalue weighted by atomic mass is 32.2. The number of nitrogens with zero attached hydrogens (tertiary/aromatic N) is 1. The number of likely N-dealkylation sites (tertiary alicyclic amines) is 1. The molecule has 1 aliphatic rings. The second kappa shape index (κ2) is 6.45. The van der Waals surface area contributed by atoms with Crippen molar-refractivity contribution in [1.82, 2.24) is 4.90 Å². The van der Waals surface area contributed by atoms with Gasteiger partial charge in [-0.05, 0) is 31.0 Å². The molecule has 0 radical (unpaired) electrons. The van der Waals surface area contributed by atoms with Gasteiger partial charge >= 0.3 is 5.97 Å². The number of rotatable bonds is 5. The maximum Gasteiger partial charge on any atom is 0.328 e. The van der Waals surface area contributed by atoms with Crippen LogP contribution in [0.25, 0.3) is 0 Å². The molecule has 1 amide bonds. The quantitative estimate of drug-likeness (QED) is 0.788. The average Bonchev–Trinajstić information content (AvgIpc) is 2.80. The number of carbonyl (C=O) groups is 2. The summed E-state index contributed by atoms with van der Waals surface area (Å²) in [5.41, 5.74) is 0.719. The topological polar surface area (TPSA) is 107 Å². The van der Waals surface area contributed by atoms with E-state index in [4.69, 9.17) is 9.88 Å². The highest BCUT2D eigenvalue weighted by Gasteiger charge is 2.36. The predicted molar refractivity (Wildman–Crippen MR) is 78.0 cm³/mol. The van der Waals surface area contributed by atoms with Crippen molar-refractivity contribution < 1.29 is 22.7 Å². The molecule has 1 fully saturated rings. The van der Waals surface area contributed by atoms with Crippen LogP contribution in [0, 0.1) is 0 Å². The van der Waals surface area contributed by atoms with Gasteiger partial charge in [0.1, 0.15) is 6.04 Å². The van der Waals surface area contributed by atoms with Gasteiger partial charge in [0.05, 0.1) is 11.5 Å². The number of esters is 1. The summed E-state index contributed by atoms with van der Waals surface area (Å²) in [4.78, 5) is 25.3. The van der Waals surface area contributed by atoms with E-state index < -0.39 is 22.0 Å². The maximum absolute atomic E-state index is 11.9. The summed E-state index contributed by atoms with van der Waals surface area (Å²) in [6, 6.07) is 5.33. The summed E-state index contributed by atoms with van der Waals surface area (Å²) in [6.45, 7) is 2.21. The second-order valence-corrected chi connectivity index (χ2v) is 6.58. The molecule has 0 aliphatic carbocycles. The van der Waals surface area contributed by atoms with Crippen LogP contribution >= 0.6 is 0 Å². The number of hydrogen-bond donors (Lipinski definition) is 1. The van der Waals surface area contributed by atoms with Gasteiger partial charge in [-0.3, -0.25) is 4.79 Å². The van der Waals surface area contributed by atoms with Gasteiger partial charge in [-0.25, -0.2) is 18.4 Å². The predicted octanol–water partition coefficient (Wildman–Crippen LogP) is 0.388. The second-order valence-electron chi connectivity index (χ2n) is 5.02. The van der Waals surface area contributed by atoms with Crippen molar-refractivity contribution in [2.45, 2.75) is 37.2 Å². The Balaban J connectivity index is 2.14. The molecule has 1 saturated heterocycles. The average molecular weight is 326 g/mol. The van der Waals surface area contributed by atoms with Gasteiger partial charge in [-0.1, -0.05) is 12.1 Å². The van der Waals surface area contributed by atoms with E-state index >= 15 is 0 Å². The fourth-order valence-corrected chi connectivity index (χ4v) is 2.91. The molecule has 0 aromatic heterocycles. The minimum atomic E-state index is -3.74. The Labute approximate surface area is 129 Å². The molecule has 1 atom stereocenters. The van der Waals surface area contributed by atoms with Gasteiger partial charge in [-0.2, -0.15) is 0 Å². The van der Waals surface area contributed by atoms with Crippen molar-refractivity contribution in [2.75, 3.05) is 6.61 Å². The lowest BCUT2D eigenvalue weighted by molar-refractivity contribution is -0.151. The Morgan fingerprint density at radius 2 is 2.00 bits per heavy atom. The zero-order valence-corrected chi connectivity index (χ0v) is 13.0. The highest BCUT2D eigenvalue weighted by molar-refractivity contribution is 7.89. The third kappa shape index (κ3) is 3.63. The fraction of sp³-hybridized carbons (Fsp3) is 0.429. The molecule has 7 nitrogen and oxygen atoms in total. The van der Waals surface area contributed by atoms with Crippen LogP contribution in [-0.4, -0.2) is 37.8 Å². The molecule has 2 rings (SSSR count). The van der Waals surface area contributed by atoms with E-state index in [1.165, 1.54) is 17.0 Å². The Kier molecular flexibility index (Phi) is 4.82. The van der Waals surface area contributed by atoms with E-state index in [1.807, 2.05) is 0 Å². The number of primary sulfonamides is 1. The zero-order chi connectivity index (χ0) is 16.3. The number of benzene rings is 1. The SMILES string of the molecule is CCOC(=O)C1CCC(=O)N1Cc1ccc(S(N)(=O)=O)cc1. The van der Waals surface area contributed by atoms with Gasteiger partial charge < -0.3 is 9.64 Å². The van der Waals surface area contributed by atoms with Crippen LogP contribution in [0.4, 0.5) is 0 Å². The lowest BCUT2D eigenvalue weighted by atomic mass is 10.2. The van der Waals surface area contributed by atoms with Gasteiger partial charge in [0.25, 0.3) is 0 Å². The standard InChI is InChI=1S/C14H18N2O5S/c1-2-21-14(18)12-7-8-13(17)16(12)9-10-3-5-11(6-4-10)22(15,19)20/h3-6,12H,2,7-9H2,1H3,(H2,15,19,20). The molecule has 22 heavy (non-hydrogen) atoms. The van der Waals surface area contributed by atoms with Crippen molar-refractivity contribution in [3.63, 3.8) is 0 Å². The summed E-state index contributed by atoms with van der Waals surface area (Å²) >= 11 is 0. The van der Waals surface area contributed by atoms with Gasteiger partial charge in [0, 0.05) is 13.0 Å². The zero-order valence-electron chi connectivity index (χ0n) is 12.2. The minimum Gasteiger partial charge on any atom is -0.464 e. The van der Waals surface area contributed by atoms with E-state index in [0.29, 0.717) is 12.8 Å². The van der Waals surface area contributed by atoms with Gasteiger partial charge in [-0.15, -0.1) is 0 Å². The number of sulfonamides is 1. The first-order valence-corrected chi connectivity index (χ1v) is 8.45. The molecule has 1 aromatic carbocycles. The maximum atomic E-state index is 11.9. The lowest BCUT2D eigenvalue weighted by Crippen LogP contribution is -2.39. The first kappa shape index (κ1) is 16.4. The molecule has 0 spiro atoms. The van der Waals surface area contributed by atoms with Crippen LogP contribution in [0.15, 0.2) is 29.2 Å². The van der Waals surface area contributed by atoms with E-state index in [2.05, 4.69) is 0 Å². The largest absolute Gasteiger partial charge is 0.464 e. The summed E-state index contributed by atoms with van der Waals surface area (Å²) in [5, 5.41) is 5.03. The summed E-state index contributed by atoms with van der Waals surface area (Å²) < 4.78 is 27.4. The first-order chi connectivity index (χ1) is 10.3. The Hall–Kier alpha value is -1.93. The third-order valence-electron chi connectivity index (χ3n) is 3.49. The summed E-state index contributed by atoms with van der Waals surface area (Å²) in [7, 11) is -3.74. The monoisotopic (exact) mass is 326 g/mol. The Morgan fingerprint density at radius 1 is 1.36 bits per heavy atom. The van der Waals surface area contributed by atoms with Crippen molar-refractivity contribution in [3.8, 4) is 0 Å². The summed E-state index contributed by atoms with van der Waals surface area (Å²) in [5.74, 6) is -0.525. The molecule has 1 aliphatic heterocycles. The van der Waals surface area contributed by atoms with Crippen LogP contribution in [0.5, 0.6) is 0 Å². The van der Waals surface area contributed by atoms with Gasteiger partial charge in [0.2, 0.25) is 15.9 Å². The lowest BCUT2D eigenvalue weighted by Gasteiger charge is -2.23. The van der Waals surface area contributed by atoms with E-state index in [1.54, 1.807) is 19.1 Å². The van der Waals surface area contributed by atoms with Gasteiger partial charge in [0.15, 0.2) is 0 Å². The molecule has 1 heterocycles. The highest BCUT2D eigenvalue weighted by Crippen LogP contribution is 2.23. The van der Waals surface area contributed by atoms with Crippen molar-refractivity contribution in [2.24, 2.45) is 5.14 Å². The van der Waals surface area contributed by atoms with Crippen LogP contribution in [-0.2, 0) is 30.9 Å². The van der Waals surface area contributed by atoms with E-state index in [9.17, 15) is 18.0 Å². The molecule has 2 N–H and O–H groups in total. The molecular weight excluding hydrogens is 308 g/mol.